The summed E-state index contributed by atoms with van der Waals surface area (Å²) >= 11 is 1.78. The van der Waals surface area contributed by atoms with Crippen LogP contribution >= 0.6 is 11.3 Å². The Morgan fingerprint density at radius 3 is 2.57 bits per heavy atom. The van der Waals surface area contributed by atoms with Gasteiger partial charge in [-0.15, -0.1) is 11.3 Å². The van der Waals surface area contributed by atoms with Crippen LogP contribution in [-0.2, 0) is 17.9 Å². The van der Waals surface area contributed by atoms with Crippen molar-refractivity contribution in [2.75, 3.05) is 25.6 Å². The molecule has 0 aliphatic heterocycles. The average Bonchev–Trinajstić information content (AvgIpc) is 2.80. The van der Waals surface area contributed by atoms with E-state index in [9.17, 15) is 0 Å². The van der Waals surface area contributed by atoms with Gasteiger partial charge in [0.15, 0.2) is 5.13 Å². The molecule has 1 aromatic rings. The van der Waals surface area contributed by atoms with Crippen molar-refractivity contribution in [3.8, 4) is 0 Å². The summed E-state index contributed by atoms with van der Waals surface area (Å²) in [6.45, 7) is 11.3. The quantitative estimate of drug-likeness (QED) is 0.704. The lowest BCUT2D eigenvalue weighted by atomic mass is 10.1. The topological polar surface area (TPSA) is 37.4 Å². The fourth-order valence-corrected chi connectivity index (χ4v) is 2.95. The molecule has 0 aliphatic rings. The molecule has 0 spiro atoms. The molecule has 1 heterocycles. The highest BCUT2D eigenvalue weighted by Gasteiger charge is 2.16. The number of nitrogens with zero attached hydrogens (tertiary/aromatic N) is 2. The van der Waals surface area contributed by atoms with Crippen LogP contribution < -0.4 is 10.2 Å². The Hall–Kier alpha value is -0.650. The monoisotopic (exact) mass is 313 g/mol. The minimum Gasteiger partial charge on any atom is -0.378 e. The van der Waals surface area contributed by atoms with Crippen LogP contribution in [0.25, 0.3) is 0 Å². The van der Waals surface area contributed by atoms with E-state index in [1.54, 1.807) is 18.4 Å². The number of anilines is 1. The summed E-state index contributed by atoms with van der Waals surface area (Å²) in [6.07, 6.45) is 3.75. The molecule has 122 valence electrons. The predicted octanol–water partition coefficient (Wildman–Crippen LogP) is 3.80. The Morgan fingerprint density at radius 1 is 1.29 bits per heavy atom. The van der Waals surface area contributed by atoms with E-state index in [-0.39, 0.29) is 5.54 Å². The van der Waals surface area contributed by atoms with Crippen molar-refractivity contribution >= 4 is 16.5 Å². The molecule has 1 aromatic heterocycles. The molecule has 0 amide bonds. The Labute approximate surface area is 133 Å². The number of hydrogen-bond donors (Lipinski definition) is 1. The minimum absolute atomic E-state index is 0.113. The van der Waals surface area contributed by atoms with E-state index in [1.807, 2.05) is 0 Å². The van der Waals surface area contributed by atoms with E-state index in [1.165, 1.54) is 24.1 Å². The first kappa shape index (κ1) is 18.4. The summed E-state index contributed by atoms with van der Waals surface area (Å²) in [7, 11) is 3.86. The van der Waals surface area contributed by atoms with Crippen LogP contribution in [0, 0.1) is 0 Å². The first-order chi connectivity index (χ1) is 9.87. The van der Waals surface area contributed by atoms with Crippen molar-refractivity contribution in [3.05, 3.63) is 10.6 Å². The van der Waals surface area contributed by atoms with Crippen molar-refractivity contribution in [2.45, 2.75) is 65.6 Å². The molecular weight excluding hydrogens is 282 g/mol. The van der Waals surface area contributed by atoms with Crippen molar-refractivity contribution in [3.63, 3.8) is 0 Å². The van der Waals surface area contributed by atoms with Gasteiger partial charge in [0.2, 0.25) is 0 Å². The molecule has 0 fully saturated rings. The van der Waals surface area contributed by atoms with Crippen LogP contribution in [0.3, 0.4) is 0 Å². The second kappa shape index (κ2) is 8.71. The van der Waals surface area contributed by atoms with Crippen molar-refractivity contribution in [1.29, 1.82) is 0 Å². The lowest BCUT2D eigenvalue weighted by Crippen LogP contribution is -2.35. The van der Waals surface area contributed by atoms with Crippen LogP contribution in [0.2, 0.25) is 0 Å². The maximum absolute atomic E-state index is 5.29. The molecule has 0 aliphatic carbocycles. The van der Waals surface area contributed by atoms with Gasteiger partial charge in [-0.25, -0.2) is 4.98 Å². The average molecular weight is 314 g/mol. The van der Waals surface area contributed by atoms with Crippen molar-refractivity contribution in [1.82, 2.24) is 10.3 Å². The third kappa shape index (κ3) is 6.76. The number of unbranched alkanes of at least 4 members (excludes halogenated alkanes) is 2. The molecule has 1 rings (SSSR count). The molecule has 0 aromatic carbocycles. The van der Waals surface area contributed by atoms with Crippen LogP contribution in [0.5, 0.6) is 0 Å². The number of aromatic nitrogens is 1. The second-order valence-electron chi connectivity index (χ2n) is 6.53. The highest BCUT2D eigenvalue weighted by atomic mass is 32.1. The fraction of sp³-hybridized carbons (Fsp3) is 0.812. The summed E-state index contributed by atoms with van der Waals surface area (Å²) in [5.41, 5.74) is 1.18. The Kier molecular flexibility index (Phi) is 7.63. The van der Waals surface area contributed by atoms with Gasteiger partial charge in [-0.2, -0.15) is 0 Å². The van der Waals surface area contributed by atoms with E-state index in [0.717, 1.165) is 23.9 Å². The molecule has 4 nitrogen and oxygen atoms in total. The predicted molar refractivity (Wildman–Crippen MR) is 92.2 cm³/mol. The SMILES string of the molecule is CCCCCN(C)c1nc(COC)c(CNC(C)(C)C)s1. The summed E-state index contributed by atoms with van der Waals surface area (Å²) in [6, 6.07) is 0. The van der Waals surface area contributed by atoms with Crippen LogP contribution in [0.1, 0.15) is 57.5 Å². The van der Waals surface area contributed by atoms with Crippen molar-refractivity contribution in [2.24, 2.45) is 0 Å². The minimum atomic E-state index is 0.113. The summed E-state index contributed by atoms with van der Waals surface area (Å²) < 4.78 is 5.29. The second-order valence-corrected chi connectivity index (χ2v) is 7.59. The Morgan fingerprint density at radius 2 is 2.00 bits per heavy atom. The molecule has 21 heavy (non-hydrogen) atoms. The largest absolute Gasteiger partial charge is 0.378 e. The molecule has 0 saturated heterocycles. The molecule has 0 atom stereocenters. The van der Waals surface area contributed by atoms with Crippen LogP contribution in [0.4, 0.5) is 5.13 Å². The van der Waals surface area contributed by atoms with Crippen molar-refractivity contribution < 1.29 is 4.74 Å². The van der Waals surface area contributed by atoms with Gasteiger partial charge in [0.1, 0.15) is 0 Å². The van der Waals surface area contributed by atoms with Gasteiger partial charge in [0.05, 0.1) is 12.3 Å². The van der Waals surface area contributed by atoms with Gasteiger partial charge in [-0.3, -0.25) is 0 Å². The van der Waals surface area contributed by atoms with Gasteiger partial charge in [-0.05, 0) is 27.2 Å². The smallest absolute Gasteiger partial charge is 0.185 e. The summed E-state index contributed by atoms with van der Waals surface area (Å²) in [4.78, 5) is 8.30. The van der Waals surface area contributed by atoms with E-state index < -0.39 is 0 Å². The molecular formula is C16H31N3OS. The molecule has 5 heteroatoms. The third-order valence-electron chi connectivity index (χ3n) is 3.25. The maximum Gasteiger partial charge on any atom is 0.185 e. The lowest BCUT2D eigenvalue weighted by Gasteiger charge is -2.20. The normalized spacial score (nSPS) is 11.9. The summed E-state index contributed by atoms with van der Waals surface area (Å²) in [5.74, 6) is 0. The van der Waals surface area contributed by atoms with Gasteiger partial charge >= 0.3 is 0 Å². The first-order valence-electron chi connectivity index (χ1n) is 7.81. The Balaban J connectivity index is 2.73. The third-order valence-corrected chi connectivity index (χ3v) is 4.46. The zero-order chi connectivity index (χ0) is 15.9. The molecule has 0 saturated carbocycles. The highest BCUT2D eigenvalue weighted by Crippen LogP contribution is 2.27. The number of hydrogen-bond acceptors (Lipinski definition) is 5. The highest BCUT2D eigenvalue weighted by molar-refractivity contribution is 7.15. The maximum atomic E-state index is 5.29. The fourth-order valence-electron chi connectivity index (χ4n) is 1.96. The van der Waals surface area contributed by atoms with E-state index in [4.69, 9.17) is 9.72 Å². The molecule has 0 radical (unpaired) electrons. The van der Waals surface area contributed by atoms with Gasteiger partial charge < -0.3 is 15.0 Å². The molecule has 0 unspecified atom stereocenters. The summed E-state index contributed by atoms with van der Waals surface area (Å²) in [5, 5.41) is 4.64. The number of rotatable bonds is 9. The van der Waals surface area contributed by atoms with Gasteiger partial charge in [0.25, 0.3) is 0 Å². The van der Waals surface area contributed by atoms with E-state index in [2.05, 4.69) is 45.0 Å². The molecule has 1 N–H and O–H groups in total. The standard InChI is InChI=1S/C16H31N3OS/c1-7-8-9-10-19(5)15-18-13(12-20-6)14(21-15)11-17-16(2,3)4/h17H,7-12H2,1-6H3. The zero-order valence-electron chi connectivity index (χ0n) is 14.5. The zero-order valence-corrected chi connectivity index (χ0v) is 15.3. The van der Waals surface area contributed by atoms with Crippen LogP contribution in [0.15, 0.2) is 0 Å². The van der Waals surface area contributed by atoms with Gasteiger partial charge in [-0.1, -0.05) is 19.8 Å². The number of thiazole rings is 1. The van der Waals surface area contributed by atoms with Gasteiger partial charge in [0, 0.05) is 37.7 Å². The number of nitrogens with one attached hydrogen (secondary N) is 1. The lowest BCUT2D eigenvalue weighted by molar-refractivity contribution is 0.181. The number of methoxy groups -OCH3 is 1. The van der Waals surface area contributed by atoms with Crippen LogP contribution in [-0.4, -0.2) is 31.2 Å². The first-order valence-corrected chi connectivity index (χ1v) is 8.62. The van der Waals surface area contributed by atoms with E-state index in [0.29, 0.717) is 6.61 Å². The Bertz CT molecular complexity index is 412. The van der Waals surface area contributed by atoms with E-state index >= 15 is 0 Å². The number of ether oxygens (including phenoxy) is 1. The molecule has 0 bridgehead atoms.